The van der Waals surface area contributed by atoms with Crippen molar-refractivity contribution < 1.29 is 13.9 Å². The van der Waals surface area contributed by atoms with Crippen LogP contribution in [0.3, 0.4) is 0 Å². The van der Waals surface area contributed by atoms with Crippen LogP contribution in [-0.2, 0) is 4.74 Å². The second-order valence-corrected chi connectivity index (χ2v) is 7.58. The smallest absolute Gasteiger partial charge is 0.412 e. The van der Waals surface area contributed by atoms with Gasteiger partial charge in [-0.2, -0.15) is 0 Å². The van der Waals surface area contributed by atoms with Crippen LogP contribution in [0.25, 0.3) is 21.8 Å². The maximum Gasteiger partial charge on any atom is 0.412 e. The number of hydrogen-bond donors (Lipinski definition) is 1. The molecule has 0 bridgehead atoms. The van der Waals surface area contributed by atoms with E-state index in [9.17, 15) is 4.79 Å². The van der Waals surface area contributed by atoms with Crippen LogP contribution in [0.1, 0.15) is 30.6 Å². The van der Waals surface area contributed by atoms with Gasteiger partial charge in [-0.05, 0) is 25.1 Å². The molecule has 0 saturated heterocycles. The predicted octanol–water partition coefficient (Wildman–Crippen LogP) is 5.57. The molecular weight excluding hydrogens is 391 g/mol. The van der Waals surface area contributed by atoms with Crippen molar-refractivity contribution in [3.05, 3.63) is 59.8 Å². The third-order valence-corrected chi connectivity index (χ3v) is 5.35. The number of nitrogens with zero attached hydrogens (tertiary/aromatic N) is 3. The zero-order valence-electron chi connectivity index (χ0n) is 16.4. The fourth-order valence-electron chi connectivity index (χ4n) is 2.61. The first-order chi connectivity index (χ1) is 13.9. The SMILES string of the molecule is C=CCOC(=O)Nc1cccc(-c2nc(C(C)C)sc2-c2ccnc(C)n2)c1F. The third kappa shape index (κ3) is 4.65. The molecule has 0 aliphatic rings. The molecular formula is C21H21FN4O2S. The van der Waals surface area contributed by atoms with Crippen LogP contribution in [0.4, 0.5) is 14.9 Å². The van der Waals surface area contributed by atoms with Crippen molar-refractivity contribution >= 4 is 23.1 Å². The van der Waals surface area contributed by atoms with Crippen LogP contribution in [0, 0.1) is 12.7 Å². The monoisotopic (exact) mass is 412 g/mol. The Kier molecular flexibility index (Phi) is 6.33. The molecule has 0 unspecified atom stereocenters. The summed E-state index contributed by atoms with van der Waals surface area (Å²) in [6.07, 6.45) is 2.35. The van der Waals surface area contributed by atoms with E-state index >= 15 is 4.39 Å². The molecule has 3 rings (SSSR count). The second-order valence-electron chi connectivity index (χ2n) is 6.55. The topological polar surface area (TPSA) is 77.0 Å². The Hall–Kier alpha value is -3.13. The zero-order chi connectivity index (χ0) is 21.0. The molecule has 29 heavy (non-hydrogen) atoms. The van der Waals surface area contributed by atoms with Gasteiger partial charge in [0.2, 0.25) is 0 Å². The third-order valence-electron chi connectivity index (χ3n) is 3.97. The molecule has 6 nitrogen and oxygen atoms in total. The fourth-order valence-corrected chi connectivity index (χ4v) is 3.67. The maximum atomic E-state index is 15.3. The summed E-state index contributed by atoms with van der Waals surface area (Å²) in [4.78, 5) is 25.8. The minimum Gasteiger partial charge on any atom is -0.445 e. The minimum absolute atomic E-state index is 0.0143. The first kappa shape index (κ1) is 20.6. The number of thiazole rings is 1. The Morgan fingerprint density at radius 2 is 2.14 bits per heavy atom. The average molecular weight is 412 g/mol. The van der Waals surface area contributed by atoms with Gasteiger partial charge in [0.1, 0.15) is 12.4 Å². The summed E-state index contributed by atoms with van der Waals surface area (Å²) in [7, 11) is 0. The summed E-state index contributed by atoms with van der Waals surface area (Å²) in [6, 6.07) is 6.54. The number of carbonyl (C=O) groups excluding carboxylic acids is 1. The molecule has 1 amide bonds. The van der Waals surface area contributed by atoms with Gasteiger partial charge in [-0.15, -0.1) is 11.3 Å². The Labute approximate surface area is 172 Å². The van der Waals surface area contributed by atoms with Crippen LogP contribution in [0.2, 0.25) is 0 Å². The van der Waals surface area contributed by atoms with Crippen LogP contribution in [-0.4, -0.2) is 27.7 Å². The van der Waals surface area contributed by atoms with E-state index in [-0.39, 0.29) is 23.8 Å². The molecule has 3 aromatic rings. The first-order valence-electron chi connectivity index (χ1n) is 9.05. The van der Waals surface area contributed by atoms with E-state index in [1.54, 1.807) is 31.3 Å². The van der Waals surface area contributed by atoms with Crippen molar-refractivity contribution in [3.8, 4) is 21.8 Å². The lowest BCUT2D eigenvalue weighted by atomic mass is 10.1. The molecule has 8 heteroatoms. The molecule has 0 radical (unpaired) electrons. The van der Waals surface area contributed by atoms with Gasteiger partial charge in [0.15, 0.2) is 5.82 Å². The maximum absolute atomic E-state index is 15.3. The Morgan fingerprint density at radius 3 is 2.83 bits per heavy atom. The van der Waals surface area contributed by atoms with Crippen molar-refractivity contribution in [2.75, 3.05) is 11.9 Å². The molecule has 0 aliphatic heterocycles. The van der Waals surface area contributed by atoms with Gasteiger partial charge in [-0.25, -0.2) is 24.1 Å². The van der Waals surface area contributed by atoms with Crippen molar-refractivity contribution in [2.24, 2.45) is 0 Å². The highest BCUT2D eigenvalue weighted by molar-refractivity contribution is 7.15. The number of hydrogen-bond acceptors (Lipinski definition) is 6. The van der Waals surface area contributed by atoms with Crippen LogP contribution < -0.4 is 5.32 Å². The van der Waals surface area contributed by atoms with Crippen LogP contribution in [0.15, 0.2) is 43.1 Å². The standard InChI is InChI=1S/C21H21FN4O2S/c1-5-11-28-21(27)25-15-8-6-7-14(17(15)22)18-19(29-20(26-18)12(2)3)16-9-10-23-13(4)24-16/h5-10,12H,1,11H2,2-4H3,(H,25,27). The molecule has 2 heterocycles. The largest absolute Gasteiger partial charge is 0.445 e. The summed E-state index contributed by atoms with van der Waals surface area (Å²) in [5, 5.41) is 3.29. The van der Waals surface area contributed by atoms with E-state index in [1.807, 2.05) is 13.8 Å². The van der Waals surface area contributed by atoms with Gasteiger partial charge in [0, 0.05) is 17.7 Å². The summed E-state index contributed by atoms with van der Waals surface area (Å²) in [5.74, 6) is 0.207. The van der Waals surface area contributed by atoms with Crippen molar-refractivity contribution in [1.29, 1.82) is 0 Å². The van der Waals surface area contributed by atoms with Gasteiger partial charge in [-0.1, -0.05) is 32.6 Å². The average Bonchev–Trinajstić information content (AvgIpc) is 3.13. The lowest BCUT2D eigenvalue weighted by molar-refractivity contribution is 0.174. The molecule has 150 valence electrons. The van der Waals surface area contributed by atoms with E-state index in [1.165, 1.54) is 23.5 Å². The van der Waals surface area contributed by atoms with Crippen LogP contribution >= 0.6 is 11.3 Å². The van der Waals surface area contributed by atoms with Crippen molar-refractivity contribution in [3.63, 3.8) is 0 Å². The van der Waals surface area contributed by atoms with Crippen LogP contribution in [0.5, 0.6) is 0 Å². The fraction of sp³-hybridized carbons (Fsp3) is 0.238. The molecule has 0 atom stereocenters. The molecule has 1 N–H and O–H groups in total. The lowest BCUT2D eigenvalue weighted by Gasteiger charge is -2.10. The lowest BCUT2D eigenvalue weighted by Crippen LogP contribution is -2.14. The predicted molar refractivity (Wildman–Crippen MR) is 113 cm³/mol. The number of rotatable bonds is 6. The van der Waals surface area contributed by atoms with Crippen molar-refractivity contribution in [2.45, 2.75) is 26.7 Å². The normalized spacial score (nSPS) is 10.8. The minimum atomic E-state index is -0.756. The molecule has 0 saturated carbocycles. The van der Waals surface area contributed by atoms with Gasteiger partial charge in [0.25, 0.3) is 0 Å². The quantitative estimate of drug-likeness (QED) is 0.535. The number of ether oxygens (including phenoxy) is 1. The van der Waals surface area contributed by atoms with Gasteiger partial charge in [0.05, 0.1) is 27.0 Å². The second kappa shape index (κ2) is 8.91. The number of aromatic nitrogens is 3. The number of aryl methyl sites for hydroxylation is 1. The molecule has 1 aromatic carbocycles. The summed E-state index contributed by atoms with van der Waals surface area (Å²) < 4.78 is 20.1. The number of amides is 1. The number of benzene rings is 1. The van der Waals surface area contributed by atoms with E-state index < -0.39 is 11.9 Å². The zero-order valence-corrected chi connectivity index (χ0v) is 17.2. The van der Waals surface area contributed by atoms with Crippen molar-refractivity contribution in [1.82, 2.24) is 15.0 Å². The summed E-state index contributed by atoms with van der Waals surface area (Å²) in [5.41, 5.74) is 1.46. The Morgan fingerprint density at radius 1 is 1.34 bits per heavy atom. The highest BCUT2D eigenvalue weighted by atomic mass is 32.1. The Bertz CT molecular complexity index is 1050. The highest BCUT2D eigenvalue weighted by Gasteiger charge is 2.22. The number of anilines is 1. The van der Waals surface area contributed by atoms with E-state index in [4.69, 9.17) is 4.74 Å². The van der Waals surface area contributed by atoms with E-state index in [2.05, 4.69) is 26.8 Å². The van der Waals surface area contributed by atoms with Gasteiger partial charge >= 0.3 is 6.09 Å². The summed E-state index contributed by atoms with van der Waals surface area (Å²) >= 11 is 1.47. The van der Waals surface area contributed by atoms with E-state index in [0.29, 0.717) is 17.2 Å². The molecule has 0 fully saturated rings. The first-order valence-corrected chi connectivity index (χ1v) is 9.86. The highest BCUT2D eigenvalue weighted by Crippen LogP contribution is 2.40. The molecule has 0 spiro atoms. The van der Waals surface area contributed by atoms with Gasteiger partial charge < -0.3 is 4.74 Å². The number of halogens is 1. The Balaban J connectivity index is 2.07. The number of carbonyl (C=O) groups is 1. The molecule has 0 aliphatic carbocycles. The number of nitrogens with one attached hydrogen (secondary N) is 1. The molecule has 2 aromatic heterocycles. The summed E-state index contributed by atoms with van der Waals surface area (Å²) in [6.45, 7) is 9.37. The van der Waals surface area contributed by atoms with E-state index in [0.717, 1.165) is 9.88 Å². The van der Waals surface area contributed by atoms with Gasteiger partial charge in [-0.3, -0.25) is 5.32 Å².